The van der Waals surface area contributed by atoms with Gasteiger partial charge in [0.2, 0.25) is 11.8 Å². The minimum absolute atomic E-state index is 0.0162. The second-order valence-electron chi connectivity index (χ2n) is 5.40. The molecule has 1 fully saturated rings. The lowest BCUT2D eigenvalue weighted by Gasteiger charge is -2.13. The zero-order valence-electron chi connectivity index (χ0n) is 11.6. The molecule has 0 saturated carbocycles. The Labute approximate surface area is 116 Å². The number of hydrogen-bond donors (Lipinski definition) is 0. The molecule has 1 atom stereocenters. The molecular weight excluding hydrogens is 258 g/mol. The van der Waals surface area contributed by atoms with Crippen LogP contribution in [-0.2, 0) is 11.3 Å². The van der Waals surface area contributed by atoms with E-state index in [-0.39, 0.29) is 17.7 Å². The maximum atomic E-state index is 12.0. The summed E-state index contributed by atoms with van der Waals surface area (Å²) in [6, 6.07) is 3.68. The zero-order valence-corrected chi connectivity index (χ0v) is 11.6. The van der Waals surface area contributed by atoms with E-state index in [0.29, 0.717) is 31.2 Å². The molecule has 1 aliphatic rings. The predicted octanol–water partition coefficient (Wildman–Crippen LogP) is 2.30. The fourth-order valence-corrected chi connectivity index (χ4v) is 2.33. The van der Waals surface area contributed by atoms with Crippen molar-refractivity contribution >= 4 is 5.91 Å². The molecule has 1 aliphatic heterocycles. The van der Waals surface area contributed by atoms with E-state index in [0.717, 1.165) is 5.76 Å². The molecular formula is C14H17N3O3. The molecule has 1 unspecified atom stereocenters. The van der Waals surface area contributed by atoms with Crippen molar-refractivity contribution in [3.05, 3.63) is 35.9 Å². The number of hydrogen-bond acceptors (Lipinski definition) is 5. The van der Waals surface area contributed by atoms with E-state index in [1.165, 1.54) is 0 Å². The smallest absolute Gasteiger partial charge is 0.232 e. The third-order valence-electron chi connectivity index (χ3n) is 3.46. The third kappa shape index (κ3) is 2.45. The SMILES string of the molecule is CC(C)c1noc(C2CC(=O)N(Cc3ccco3)C2)n1. The lowest BCUT2D eigenvalue weighted by Crippen LogP contribution is -2.24. The van der Waals surface area contributed by atoms with E-state index >= 15 is 0 Å². The van der Waals surface area contributed by atoms with Gasteiger partial charge in [0, 0.05) is 18.9 Å². The number of carbonyl (C=O) groups excluding carboxylic acids is 1. The molecule has 3 rings (SSSR count). The van der Waals surface area contributed by atoms with Crippen LogP contribution in [0.15, 0.2) is 27.3 Å². The van der Waals surface area contributed by atoms with Gasteiger partial charge in [-0.15, -0.1) is 0 Å². The quantitative estimate of drug-likeness (QED) is 0.856. The lowest BCUT2D eigenvalue weighted by molar-refractivity contribution is -0.128. The van der Waals surface area contributed by atoms with Crippen LogP contribution in [0.1, 0.15) is 49.6 Å². The minimum atomic E-state index is -0.0162. The van der Waals surface area contributed by atoms with Crippen LogP contribution in [0.4, 0.5) is 0 Å². The van der Waals surface area contributed by atoms with Crippen LogP contribution in [0.3, 0.4) is 0 Å². The number of nitrogens with zero attached hydrogens (tertiary/aromatic N) is 3. The highest BCUT2D eigenvalue weighted by molar-refractivity contribution is 5.79. The van der Waals surface area contributed by atoms with Gasteiger partial charge in [0.1, 0.15) is 5.76 Å². The number of amides is 1. The normalized spacial score (nSPS) is 19.2. The van der Waals surface area contributed by atoms with E-state index < -0.39 is 0 Å². The molecule has 2 aromatic heterocycles. The summed E-state index contributed by atoms with van der Waals surface area (Å²) in [4.78, 5) is 18.2. The monoisotopic (exact) mass is 275 g/mol. The first-order valence-electron chi connectivity index (χ1n) is 6.77. The van der Waals surface area contributed by atoms with Crippen molar-refractivity contribution in [1.82, 2.24) is 15.0 Å². The summed E-state index contributed by atoms with van der Waals surface area (Å²) in [5, 5.41) is 3.95. The number of likely N-dealkylation sites (tertiary alicyclic amines) is 1. The zero-order chi connectivity index (χ0) is 14.1. The standard InChI is InChI=1S/C14H17N3O3/c1-9(2)13-15-14(20-16-13)10-6-12(18)17(7-10)8-11-4-3-5-19-11/h3-5,9-10H,6-8H2,1-2H3. The molecule has 1 saturated heterocycles. The van der Waals surface area contributed by atoms with Crippen molar-refractivity contribution in [3.8, 4) is 0 Å². The van der Waals surface area contributed by atoms with Crippen LogP contribution < -0.4 is 0 Å². The molecule has 1 amide bonds. The summed E-state index contributed by atoms with van der Waals surface area (Å²) in [6.45, 7) is 5.11. The van der Waals surface area contributed by atoms with E-state index in [9.17, 15) is 4.79 Å². The molecule has 3 heterocycles. The molecule has 0 aliphatic carbocycles. The summed E-state index contributed by atoms with van der Waals surface area (Å²) in [7, 11) is 0. The molecule has 0 bridgehead atoms. The summed E-state index contributed by atoms with van der Waals surface area (Å²) >= 11 is 0. The largest absolute Gasteiger partial charge is 0.467 e. The van der Waals surface area contributed by atoms with Gasteiger partial charge in [-0.2, -0.15) is 4.98 Å². The second kappa shape index (κ2) is 5.11. The maximum Gasteiger partial charge on any atom is 0.232 e. The summed E-state index contributed by atoms with van der Waals surface area (Å²) < 4.78 is 10.6. The van der Waals surface area contributed by atoms with E-state index in [2.05, 4.69) is 10.1 Å². The van der Waals surface area contributed by atoms with E-state index in [4.69, 9.17) is 8.94 Å². The average Bonchev–Trinajstić information content (AvgIpc) is 3.12. The highest BCUT2D eigenvalue weighted by Gasteiger charge is 2.34. The molecule has 20 heavy (non-hydrogen) atoms. The topological polar surface area (TPSA) is 72.4 Å². The van der Waals surface area contributed by atoms with Crippen LogP contribution in [0.25, 0.3) is 0 Å². The van der Waals surface area contributed by atoms with Gasteiger partial charge in [0.05, 0.1) is 18.7 Å². The van der Waals surface area contributed by atoms with Crippen molar-refractivity contribution in [2.24, 2.45) is 0 Å². The fourth-order valence-electron chi connectivity index (χ4n) is 2.33. The van der Waals surface area contributed by atoms with Gasteiger partial charge < -0.3 is 13.8 Å². The van der Waals surface area contributed by atoms with Gasteiger partial charge in [-0.05, 0) is 12.1 Å². The Balaban J connectivity index is 1.69. The Hall–Kier alpha value is -2.11. The molecule has 0 aromatic carbocycles. The first-order valence-corrected chi connectivity index (χ1v) is 6.77. The second-order valence-corrected chi connectivity index (χ2v) is 5.40. The molecule has 6 nitrogen and oxygen atoms in total. The Bertz CT molecular complexity index is 589. The Morgan fingerprint density at radius 3 is 3.00 bits per heavy atom. The molecule has 0 spiro atoms. The van der Waals surface area contributed by atoms with Gasteiger partial charge in [0.25, 0.3) is 0 Å². The van der Waals surface area contributed by atoms with E-state index in [1.54, 1.807) is 11.2 Å². The highest BCUT2D eigenvalue weighted by Crippen LogP contribution is 2.28. The first-order chi connectivity index (χ1) is 9.63. The highest BCUT2D eigenvalue weighted by atomic mass is 16.5. The van der Waals surface area contributed by atoms with Crippen LogP contribution in [-0.4, -0.2) is 27.5 Å². The third-order valence-corrected chi connectivity index (χ3v) is 3.46. The van der Waals surface area contributed by atoms with Crippen molar-refractivity contribution in [3.63, 3.8) is 0 Å². The Kier molecular flexibility index (Phi) is 3.30. The Morgan fingerprint density at radius 2 is 2.35 bits per heavy atom. The van der Waals surface area contributed by atoms with Crippen molar-refractivity contribution in [1.29, 1.82) is 0 Å². The first kappa shape index (κ1) is 12.9. The number of carbonyl (C=O) groups is 1. The number of aromatic nitrogens is 2. The maximum absolute atomic E-state index is 12.0. The van der Waals surface area contributed by atoms with E-state index in [1.807, 2.05) is 26.0 Å². The van der Waals surface area contributed by atoms with Crippen LogP contribution in [0, 0.1) is 0 Å². The lowest BCUT2D eigenvalue weighted by atomic mass is 10.1. The Morgan fingerprint density at radius 1 is 1.50 bits per heavy atom. The predicted molar refractivity (Wildman–Crippen MR) is 69.9 cm³/mol. The van der Waals surface area contributed by atoms with Crippen molar-refractivity contribution in [2.45, 2.75) is 38.6 Å². The van der Waals surface area contributed by atoms with Crippen LogP contribution >= 0.6 is 0 Å². The van der Waals surface area contributed by atoms with Gasteiger partial charge in [-0.3, -0.25) is 4.79 Å². The van der Waals surface area contributed by atoms with Crippen LogP contribution in [0.5, 0.6) is 0 Å². The summed E-state index contributed by atoms with van der Waals surface area (Å²) in [5.41, 5.74) is 0. The van der Waals surface area contributed by atoms with Gasteiger partial charge in [0.15, 0.2) is 5.82 Å². The molecule has 2 aromatic rings. The fraction of sp³-hybridized carbons (Fsp3) is 0.500. The summed E-state index contributed by atoms with van der Waals surface area (Å²) in [5.74, 6) is 2.34. The van der Waals surface area contributed by atoms with Gasteiger partial charge in [-0.25, -0.2) is 0 Å². The van der Waals surface area contributed by atoms with Crippen molar-refractivity contribution < 1.29 is 13.7 Å². The van der Waals surface area contributed by atoms with Gasteiger partial charge in [-0.1, -0.05) is 19.0 Å². The molecule has 0 radical (unpaired) electrons. The number of furan rings is 1. The van der Waals surface area contributed by atoms with Crippen molar-refractivity contribution in [2.75, 3.05) is 6.54 Å². The molecule has 106 valence electrons. The minimum Gasteiger partial charge on any atom is -0.467 e. The van der Waals surface area contributed by atoms with Gasteiger partial charge >= 0.3 is 0 Å². The summed E-state index contributed by atoms with van der Waals surface area (Å²) in [6.07, 6.45) is 2.03. The number of rotatable bonds is 4. The molecule has 0 N–H and O–H groups in total. The average molecular weight is 275 g/mol. The van der Waals surface area contributed by atoms with Crippen LogP contribution in [0.2, 0.25) is 0 Å². The molecule has 6 heteroatoms.